The van der Waals surface area contributed by atoms with Crippen LogP contribution in [0.25, 0.3) is 0 Å². The summed E-state index contributed by atoms with van der Waals surface area (Å²) in [5, 5.41) is 10.6. The molecule has 0 rings (SSSR count). The zero-order chi connectivity index (χ0) is 76.0. The average molecular weight is 1500 g/mol. The Morgan fingerprint density at radius 3 is 0.788 bits per heavy atom. The summed E-state index contributed by atoms with van der Waals surface area (Å²) in [6, 6.07) is 0. The van der Waals surface area contributed by atoms with Crippen molar-refractivity contribution in [1.29, 1.82) is 0 Å². The number of phosphoric acid groups is 2. The molecule has 598 valence electrons. The molecule has 0 saturated carbocycles. The number of unbranched alkanes of at least 4 members (excludes halogenated alkanes) is 30. The maximum absolute atomic E-state index is 13.1. The summed E-state index contributed by atoms with van der Waals surface area (Å²) < 4.78 is 68.6. The van der Waals surface area contributed by atoms with E-state index in [1.807, 2.05) is 0 Å². The standard InChI is InChI=1S/C85H146O17P2/c1-5-9-13-17-21-25-29-33-36-38-39-41-44-47-50-54-58-62-66-70-83(88)95-75-80(101-84(89)71-67-63-59-55-51-45-32-28-24-20-16-12-8-4)77-99-103(91,92)97-73-79(86)74-98-104(93,94)100-78-81(102-85(90)72-68-64-60-56-52-48-42-35-31-27-23-19-15-11-7-3)76-96-82(87)69-65-61-57-53-49-46-43-40-37-34-30-26-22-18-14-10-6-2/h9-10,13-14,21-23,25-27,33-37,39,41-43,46,79-81,86H,5-8,11-12,15-20,24,28-32,38,40,44-45,47-78H2,1-4H3,(H,91,92)(H,93,94)/b13-9-,14-10-,25-21-,26-22-,27-23-,36-33-,37-34-,41-39-,42-35-,46-43-. The Bertz CT molecular complexity index is 2440. The fraction of sp³-hybridized carbons (Fsp3) is 0.718. The van der Waals surface area contributed by atoms with Gasteiger partial charge in [0.15, 0.2) is 12.2 Å². The fourth-order valence-electron chi connectivity index (χ4n) is 10.8. The van der Waals surface area contributed by atoms with Gasteiger partial charge in [0.25, 0.3) is 0 Å². The molecule has 3 N–H and O–H groups in total. The van der Waals surface area contributed by atoms with Crippen molar-refractivity contribution in [1.82, 2.24) is 0 Å². The third kappa shape index (κ3) is 75.7. The second-order valence-electron chi connectivity index (χ2n) is 27.0. The number of hydrogen-bond acceptors (Lipinski definition) is 15. The number of hydrogen-bond donors (Lipinski definition) is 3. The van der Waals surface area contributed by atoms with E-state index in [0.717, 1.165) is 186 Å². The monoisotopic (exact) mass is 1500 g/mol. The average Bonchev–Trinajstić information content (AvgIpc) is 0.939. The van der Waals surface area contributed by atoms with Crippen LogP contribution in [0.3, 0.4) is 0 Å². The minimum Gasteiger partial charge on any atom is -0.462 e. The van der Waals surface area contributed by atoms with Crippen LogP contribution in [0, 0.1) is 0 Å². The van der Waals surface area contributed by atoms with E-state index < -0.39 is 97.5 Å². The van der Waals surface area contributed by atoms with Crippen LogP contribution in [0.15, 0.2) is 122 Å². The van der Waals surface area contributed by atoms with Gasteiger partial charge in [-0.2, -0.15) is 0 Å². The molecule has 19 heteroatoms. The number of carbonyl (C=O) groups is 4. The van der Waals surface area contributed by atoms with Gasteiger partial charge in [0, 0.05) is 25.7 Å². The molecule has 0 aromatic rings. The first-order valence-corrected chi connectivity index (χ1v) is 43.8. The van der Waals surface area contributed by atoms with Crippen molar-refractivity contribution in [3.05, 3.63) is 122 Å². The zero-order valence-corrected chi connectivity index (χ0v) is 67.2. The van der Waals surface area contributed by atoms with Crippen LogP contribution >= 0.6 is 15.6 Å². The van der Waals surface area contributed by atoms with Gasteiger partial charge >= 0.3 is 39.5 Å². The molecule has 5 unspecified atom stereocenters. The van der Waals surface area contributed by atoms with Gasteiger partial charge in [0.1, 0.15) is 19.3 Å². The Kier molecular flexibility index (Phi) is 73.3. The van der Waals surface area contributed by atoms with E-state index in [-0.39, 0.29) is 25.7 Å². The molecule has 0 bridgehead atoms. The van der Waals surface area contributed by atoms with Crippen LogP contribution in [0.4, 0.5) is 0 Å². The van der Waals surface area contributed by atoms with Gasteiger partial charge in [-0.05, 0) is 135 Å². The van der Waals surface area contributed by atoms with Crippen molar-refractivity contribution in [3.63, 3.8) is 0 Å². The van der Waals surface area contributed by atoms with Crippen LogP contribution in [0.1, 0.15) is 336 Å². The van der Waals surface area contributed by atoms with E-state index in [4.69, 9.17) is 37.0 Å². The predicted octanol–water partition coefficient (Wildman–Crippen LogP) is 23.9. The topological polar surface area (TPSA) is 237 Å². The van der Waals surface area contributed by atoms with E-state index in [9.17, 15) is 43.2 Å². The lowest BCUT2D eigenvalue weighted by Crippen LogP contribution is -2.30. The van der Waals surface area contributed by atoms with Gasteiger partial charge in [0.05, 0.1) is 26.4 Å². The summed E-state index contributed by atoms with van der Waals surface area (Å²) in [4.78, 5) is 73.1. The molecular formula is C85H146O17P2. The minimum atomic E-state index is -4.99. The van der Waals surface area contributed by atoms with Crippen molar-refractivity contribution in [2.45, 2.75) is 354 Å². The Labute approximate surface area is 632 Å². The Morgan fingerprint density at radius 1 is 0.279 bits per heavy atom. The van der Waals surface area contributed by atoms with E-state index in [1.54, 1.807) is 0 Å². The van der Waals surface area contributed by atoms with Crippen LogP contribution in [-0.4, -0.2) is 96.7 Å². The van der Waals surface area contributed by atoms with E-state index >= 15 is 0 Å². The summed E-state index contributed by atoms with van der Waals surface area (Å²) in [6.07, 6.45) is 84.5. The maximum Gasteiger partial charge on any atom is 0.472 e. The van der Waals surface area contributed by atoms with Gasteiger partial charge < -0.3 is 33.8 Å². The highest BCUT2D eigenvalue weighted by molar-refractivity contribution is 7.47. The van der Waals surface area contributed by atoms with E-state index in [2.05, 4.69) is 149 Å². The number of ether oxygens (including phenoxy) is 4. The molecule has 0 spiro atoms. The smallest absolute Gasteiger partial charge is 0.462 e. The molecule has 0 radical (unpaired) electrons. The van der Waals surface area contributed by atoms with Crippen molar-refractivity contribution < 1.29 is 80.2 Å². The number of phosphoric ester groups is 2. The third-order valence-electron chi connectivity index (χ3n) is 16.9. The van der Waals surface area contributed by atoms with Crippen LogP contribution in [0.2, 0.25) is 0 Å². The van der Waals surface area contributed by atoms with E-state index in [1.165, 1.54) is 70.6 Å². The molecule has 0 saturated heterocycles. The summed E-state index contributed by atoms with van der Waals surface area (Å²) >= 11 is 0. The van der Waals surface area contributed by atoms with Gasteiger partial charge in [-0.1, -0.05) is 297 Å². The highest BCUT2D eigenvalue weighted by atomic mass is 31.2. The Morgan fingerprint density at radius 2 is 0.500 bits per heavy atom. The van der Waals surface area contributed by atoms with Crippen LogP contribution in [0.5, 0.6) is 0 Å². The molecule has 17 nitrogen and oxygen atoms in total. The third-order valence-corrected chi connectivity index (χ3v) is 18.8. The van der Waals surface area contributed by atoms with Gasteiger partial charge in [0.2, 0.25) is 0 Å². The fourth-order valence-corrected chi connectivity index (χ4v) is 12.3. The lowest BCUT2D eigenvalue weighted by molar-refractivity contribution is -0.161. The predicted molar refractivity (Wildman–Crippen MR) is 427 cm³/mol. The van der Waals surface area contributed by atoms with Gasteiger partial charge in [-0.15, -0.1) is 0 Å². The largest absolute Gasteiger partial charge is 0.472 e. The second-order valence-corrected chi connectivity index (χ2v) is 29.9. The highest BCUT2D eigenvalue weighted by Crippen LogP contribution is 2.45. The number of carbonyl (C=O) groups excluding carboxylic acids is 4. The molecule has 0 aromatic carbocycles. The molecule has 5 atom stereocenters. The van der Waals surface area contributed by atoms with Crippen molar-refractivity contribution >= 4 is 39.5 Å². The number of aliphatic hydroxyl groups is 1. The van der Waals surface area contributed by atoms with Crippen molar-refractivity contribution in [2.75, 3.05) is 39.6 Å². The van der Waals surface area contributed by atoms with E-state index in [0.29, 0.717) is 25.7 Å². The summed E-state index contributed by atoms with van der Waals surface area (Å²) in [5.74, 6) is -2.22. The summed E-state index contributed by atoms with van der Waals surface area (Å²) in [6.45, 7) is 4.60. The Hall–Kier alpha value is -4.54. The lowest BCUT2D eigenvalue weighted by atomic mass is 10.0. The molecule has 0 fully saturated rings. The second kappa shape index (κ2) is 76.6. The molecule has 0 aromatic heterocycles. The summed E-state index contributed by atoms with van der Waals surface area (Å²) in [5.41, 5.74) is 0. The Balaban J connectivity index is 5.38. The first-order chi connectivity index (χ1) is 50.7. The molecule has 104 heavy (non-hydrogen) atoms. The van der Waals surface area contributed by atoms with Crippen molar-refractivity contribution in [3.8, 4) is 0 Å². The first kappa shape index (κ1) is 99.5. The minimum absolute atomic E-state index is 0.0718. The molecule has 0 aliphatic carbocycles. The zero-order valence-electron chi connectivity index (χ0n) is 65.4. The number of aliphatic hydroxyl groups excluding tert-OH is 1. The van der Waals surface area contributed by atoms with Crippen LogP contribution < -0.4 is 0 Å². The highest BCUT2D eigenvalue weighted by Gasteiger charge is 2.30. The van der Waals surface area contributed by atoms with Gasteiger partial charge in [-0.25, -0.2) is 9.13 Å². The number of rotatable bonds is 76. The number of esters is 4. The van der Waals surface area contributed by atoms with Crippen molar-refractivity contribution in [2.24, 2.45) is 0 Å². The number of allylic oxidation sites excluding steroid dienone is 20. The normalized spacial score (nSPS) is 14.5. The lowest BCUT2D eigenvalue weighted by Gasteiger charge is -2.21. The molecule has 0 aliphatic rings. The first-order valence-electron chi connectivity index (χ1n) is 40.8. The summed E-state index contributed by atoms with van der Waals surface area (Å²) in [7, 11) is -9.97. The maximum atomic E-state index is 13.1. The van der Waals surface area contributed by atoms with Crippen LogP contribution in [-0.2, 0) is 65.4 Å². The molecular weight excluding hydrogens is 1350 g/mol. The quantitative estimate of drug-likeness (QED) is 0.0169. The SMILES string of the molecule is CC/C=C\C/C=C\C/C=C\C/C=C\CCCCCCCCC(=O)OCC(COP(=O)(O)OCC(O)COP(=O)(O)OCC(COC(=O)CCCCCC/C=C\C/C=C\C/C=C\C/C=C\CC)OC(=O)CCCCCCC/C=C\C/C=C\CCCCC)OC(=O)CCCCCCCCCCCCCCC. The molecule has 0 aliphatic heterocycles. The molecule has 0 amide bonds. The van der Waals surface area contributed by atoms with Gasteiger partial charge in [-0.3, -0.25) is 37.3 Å². The molecule has 0 heterocycles.